The van der Waals surface area contributed by atoms with E-state index in [0.717, 1.165) is 29.9 Å². The van der Waals surface area contributed by atoms with Gasteiger partial charge in [0, 0.05) is 37.7 Å². The number of piperidine rings is 1. The molecule has 4 rings (SSSR count). The summed E-state index contributed by atoms with van der Waals surface area (Å²) in [5, 5.41) is 11.5. The van der Waals surface area contributed by atoms with Crippen LogP contribution >= 0.6 is 0 Å². The van der Waals surface area contributed by atoms with Crippen molar-refractivity contribution in [1.82, 2.24) is 29.4 Å². The van der Waals surface area contributed by atoms with Gasteiger partial charge in [-0.2, -0.15) is 10.2 Å². The van der Waals surface area contributed by atoms with Crippen molar-refractivity contribution >= 4 is 5.91 Å². The molecule has 3 aromatic rings. The number of likely N-dealkylation sites (tertiary alicyclic amines) is 1. The number of nitrogens with one attached hydrogen (secondary N) is 1. The molecule has 0 aliphatic carbocycles. The Hall–Kier alpha value is -3.16. The van der Waals surface area contributed by atoms with Gasteiger partial charge in [0.25, 0.3) is 5.91 Å². The van der Waals surface area contributed by atoms with Crippen molar-refractivity contribution in [3.63, 3.8) is 0 Å². The Morgan fingerprint density at radius 1 is 1.17 bits per heavy atom. The van der Waals surface area contributed by atoms with Crippen LogP contribution in [0.5, 0.6) is 0 Å². The Balaban J connectivity index is 1.50. The third kappa shape index (κ3) is 3.50. The van der Waals surface area contributed by atoms with Crippen LogP contribution < -0.4 is 5.69 Å². The summed E-state index contributed by atoms with van der Waals surface area (Å²) in [7, 11) is 1.69. The molecule has 1 N–H and O–H groups in total. The average Bonchev–Trinajstić information content (AvgIpc) is 3.33. The lowest BCUT2D eigenvalue weighted by Crippen LogP contribution is -2.38. The Labute approximate surface area is 169 Å². The van der Waals surface area contributed by atoms with E-state index < -0.39 is 0 Å². The van der Waals surface area contributed by atoms with Gasteiger partial charge in [0.05, 0.1) is 17.5 Å². The zero-order chi connectivity index (χ0) is 20.5. The summed E-state index contributed by atoms with van der Waals surface area (Å²) in [5.41, 5.74) is 2.19. The number of aryl methyl sites for hydroxylation is 1. The maximum absolute atomic E-state index is 13.1. The molecular weight excluding hydrogens is 368 g/mol. The molecule has 2 aromatic heterocycles. The van der Waals surface area contributed by atoms with Crippen LogP contribution in [0, 0.1) is 0 Å². The molecule has 0 atom stereocenters. The second-order valence-electron chi connectivity index (χ2n) is 7.82. The number of aromatic amines is 1. The molecule has 0 spiro atoms. The first-order valence-electron chi connectivity index (χ1n) is 10.0. The molecule has 3 heterocycles. The van der Waals surface area contributed by atoms with Crippen LogP contribution in [0.15, 0.2) is 41.3 Å². The average molecular weight is 394 g/mol. The van der Waals surface area contributed by atoms with E-state index in [2.05, 4.69) is 15.3 Å². The quantitative estimate of drug-likeness (QED) is 0.737. The largest absolute Gasteiger partial charge is 0.345 e. The summed E-state index contributed by atoms with van der Waals surface area (Å²) in [6.45, 7) is 5.25. The zero-order valence-corrected chi connectivity index (χ0v) is 17.0. The second kappa shape index (κ2) is 7.69. The molecule has 29 heavy (non-hydrogen) atoms. The van der Waals surface area contributed by atoms with Crippen LogP contribution in [0.2, 0.25) is 0 Å². The molecule has 8 heteroatoms. The SMILES string of the molecule is CC(C)n1c(C2CCN(C(=O)c3cn[nH]c3-c3ccccc3)CC2)nn(C)c1=O. The Morgan fingerprint density at radius 2 is 1.86 bits per heavy atom. The Kier molecular flexibility index (Phi) is 5.08. The molecule has 1 aliphatic heterocycles. The van der Waals surface area contributed by atoms with Gasteiger partial charge in [-0.05, 0) is 26.7 Å². The topological polar surface area (TPSA) is 88.8 Å². The maximum Gasteiger partial charge on any atom is 0.345 e. The molecule has 1 amide bonds. The Morgan fingerprint density at radius 3 is 2.52 bits per heavy atom. The number of aromatic nitrogens is 5. The van der Waals surface area contributed by atoms with E-state index in [9.17, 15) is 9.59 Å². The van der Waals surface area contributed by atoms with Gasteiger partial charge in [0.1, 0.15) is 5.82 Å². The smallest absolute Gasteiger partial charge is 0.338 e. The minimum absolute atomic E-state index is 0.0154. The predicted octanol–water partition coefficient (Wildman–Crippen LogP) is 2.57. The minimum atomic E-state index is -0.0839. The number of benzene rings is 1. The number of hydrogen-bond acceptors (Lipinski definition) is 4. The maximum atomic E-state index is 13.1. The summed E-state index contributed by atoms with van der Waals surface area (Å²) in [4.78, 5) is 27.4. The lowest BCUT2D eigenvalue weighted by molar-refractivity contribution is 0.0710. The first-order valence-corrected chi connectivity index (χ1v) is 10.0. The van der Waals surface area contributed by atoms with E-state index >= 15 is 0 Å². The van der Waals surface area contributed by atoms with Gasteiger partial charge in [-0.3, -0.25) is 14.5 Å². The van der Waals surface area contributed by atoms with Crippen molar-refractivity contribution in [2.75, 3.05) is 13.1 Å². The number of rotatable bonds is 4. The second-order valence-corrected chi connectivity index (χ2v) is 7.82. The lowest BCUT2D eigenvalue weighted by Gasteiger charge is -2.32. The van der Waals surface area contributed by atoms with Crippen LogP contribution in [0.25, 0.3) is 11.3 Å². The number of carbonyl (C=O) groups excluding carboxylic acids is 1. The first-order chi connectivity index (χ1) is 14.0. The van der Waals surface area contributed by atoms with Gasteiger partial charge >= 0.3 is 5.69 Å². The molecule has 152 valence electrons. The van der Waals surface area contributed by atoms with Crippen LogP contribution in [0.4, 0.5) is 0 Å². The van der Waals surface area contributed by atoms with Gasteiger partial charge in [-0.25, -0.2) is 9.48 Å². The van der Waals surface area contributed by atoms with E-state index in [1.54, 1.807) is 17.8 Å². The number of hydrogen-bond donors (Lipinski definition) is 1. The molecule has 1 fully saturated rings. The Bertz CT molecular complexity index is 1050. The van der Waals surface area contributed by atoms with Gasteiger partial charge in [0.2, 0.25) is 0 Å². The third-order valence-electron chi connectivity index (χ3n) is 5.58. The van der Waals surface area contributed by atoms with Crippen LogP contribution in [-0.2, 0) is 7.05 Å². The minimum Gasteiger partial charge on any atom is -0.338 e. The number of H-pyrrole nitrogens is 1. The molecule has 0 unspecified atom stereocenters. The number of carbonyl (C=O) groups is 1. The highest BCUT2D eigenvalue weighted by Gasteiger charge is 2.30. The highest BCUT2D eigenvalue weighted by molar-refractivity contribution is 5.99. The standard InChI is InChI=1S/C21H26N6O2/c1-14(2)27-19(24-25(3)21(27)29)16-9-11-26(12-10-16)20(28)17-13-22-23-18(17)15-7-5-4-6-8-15/h4-8,13-14,16H,9-12H2,1-3H3,(H,22,23). The fourth-order valence-corrected chi connectivity index (χ4v) is 4.05. The van der Waals surface area contributed by atoms with E-state index in [1.807, 2.05) is 49.1 Å². The van der Waals surface area contributed by atoms with E-state index in [1.165, 1.54) is 4.68 Å². The van der Waals surface area contributed by atoms with Crippen LogP contribution in [-0.4, -0.2) is 48.4 Å². The van der Waals surface area contributed by atoms with Crippen molar-refractivity contribution in [3.05, 3.63) is 58.4 Å². The lowest BCUT2D eigenvalue weighted by atomic mass is 9.95. The van der Waals surface area contributed by atoms with Gasteiger partial charge in [-0.1, -0.05) is 30.3 Å². The fraction of sp³-hybridized carbons (Fsp3) is 0.429. The fourth-order valence-electron chi connectivity index (χ4n) is 4.05. The molecule has 0 bridgehead atoms. The van der Waals surface area contributed by atoms with Crippen molar-refractivity contribution in [2.45, 2.75) is 38.6 Å². The molecule has 1 aromatic carbocycles. The highest BCUT2D eigenvalue weighted by Crippen LogP contribution is 2.29. The van der Waals surface area contributed by atoms with Gasteiger partial charge < -0.3 is 4.90 Å². The molecule has 0 radical (unpaired) electrons. The summed E-state index contributed by atoms with van der Waals surface area (Å²) < 4.78 is 3.18. The summed E-state index contributed by atoms with van der Waals surface area (Å²) in [6.07, 6.45) is 3.17. The molecule has 0 saturated carbocycles. The van der Waals surface area contributed by atoms with Crippen molar-refractivity contribution < 1.29 is 4.79 Å². The summed E-state index contributed by atoms with van der Waals surface area (Å²) in [5.74, 6) is 0.986. The molecule has 1 aliphatic rings. The van der Waals surface area contributed by atoms with E-state index in [-0.39, 0.29) is 23.6 Å². The van der Waals surface area contributed by atoms with Gasteiger partial charge in [0.15, 0.2) is 0 Å². The van der Waals surface area contributed by atoms with Crippen LogP contribution in [0.3, 0.4) is 0 Å². The summed E-state index contributed by atoms with van der Waals surface area (Å²) in [6, 6.07) is 9.81. The predicted molar refractivity (Wildman–Crippen MR) is 110 cm³/mol. The number of amides is 1. The van der Waals surface area contributed by atoms with Crippen LogP contribution in [0.1, 0.15) is 54.8 Å². The highest BCUT2D eigenvalue weighted by atomic mass is 16.2. The molecule has 8 nitrogen and oxygen atoms in total. The molecular formula is C21H26N6O2. The van der Waals surface area contributed by atoms with E-state index in [0.29, 0.717) is 18.7 Å². The first kappa shape index (κ1) is 19.2. The number of nitrogens with zero attached hydrogens (tertiary/aromatic N) is 5. The normalized spacial score (nSPS) is 15.2. The van der Waals surface area contributed by atoms with E-state index in [4.69, 9.17) is 0 Å². The zero-order valence-electron chi connectivity index (χ0n) is 17.0. The van der Waals surface area contributed by atoms with Crippen molar-refractivity contribution in [3.8, 4) is 11.3 Å². The van der Waals surface area contributed by atoms with Gasteiger partial charge in [-0.15, -0.1) is 0 Å². The monoisotopic (exact) mass is 394 g/mol. The van der Waals surface area contributed by atoms with Crippen molar-refractivity contribution in [1.29, 1.82) is 0 Å². The molecule has 1 saturated heterocycles. The summed E-state index contributed by atoms with van der Waals surface area (Å²) >= 11 is 0. The van der Waals surface area contributed by atoms with Crippen molar-refractivity contribution in [2.24, 2.45) is 7.05 Å². The third-order valence-corrected chi connectivity index (χ3v) is 5.58.